The summed E-state index contributed by atoms with van der Waals surface area (Å²) in [4.78, 5) is 21.2. The van der Waals surface area contributed by atoms with Gasteiger partial charge in [0.1, 0.15) is 5.75 Å². The summed E-state index contributed by atoms with van der Waals surface area (Å²) in [6.45, 7) is 1.80. The number of carbonyl (C=O) groups is 1. The molecule has 0 spiro atoms. The number of ether oxygens (including phenoxy) is 1. The van der Waals surface area contributed by atoms with Crippen molar-refractivity contribution in [1.82, 2.24) is 0 Å². The van der Waals surface area contributed by atoms with Crippen LogP contribution in [0.15, 0.2) is 40.9 Å². The molecule has 0 aliphatic carbocycles. The fourth-order valence-electron chi connectivity index (χ4n) is 1.73. The summed E-state index contributed by atoms with van der Waals surface area (Å²) in [5.74, 6) is -0.774. The molecule has 2 aromatic rings. The van der Waals surface area contributed by atoms with E-state index < -0.39 is 16.6 Å². The maximum atomic E-state index is 11.1. The molecule has 0 fully saturated rings. The van der Waals surface area contributed by atoms with Gasteiger partial charge in [0, 0.05) is 10.5 Å². The van der Waals surface area contributed by atoms with Gasteiger partial charge in [-0.15, -0.1) is 0 Å². The first-order valence-corrected chi connectivity index (χ1v) is 6.63. The zero-order chi connectivity index (χ0) is 15.6. The number of rotatable bonds is 4. The third-order valence-corrected chi connectivity index (χ3v) is 3.25. The highest BCUT2D eigenvalue weighted by Gasteiger charge is 2.19. The van der Waals surface area contributed by atoms with Gasteiger partial charge in [-0.05, 0) is 42.8 Å². The summed E-state index contributed by atoms with van der Waals surface area (Å²) in [6.07, 6.45) is 0. The van der Waals surface area contributed by atoms with Crippen molar-refractivity contribution in [1.29, 1.82) is 0 Å². The molecule has 2 rings (SSSR count). The fourth-order valence-corrected chi connectivity index (χ4v) is 2.20. The van der Waals surface area contributed by atoms with Crippen molar-refractivity contribution in [3.8, 4) is 11.5 Å². The van der Waals surface area contributed by atoms with Crippen LogP contribution in [0.25, 0.3) is 0 Å². The molecule has 0 aromatic heterocycles. The number of hydrogen-bond donors (Lipinski definition) is 1. The highest BCUT2D eigenvalue weighted by atomic mass is 79.9. The molecule has 2 aromatic carbocycles. The zero-order valence-corrected chi connectivity index (χ0v) is 12.5. The van der Waals surface area contributed by atoms with Crippen LogP contribution in [0.5, 0.6) is 11.5 Å². The number of nitro groups is 1. The highest BCUT2D eigenvalue weighted by Crippen LogP contribution is 2.34. The van der Waals surface area contributed by atoms with Crippen molar-refractivity contribution in [3.05, 3.63) is 62.1 Å². The van der Waals surface area contributed by atoms with Crippen LogP contribution >= 0.6 is 15.9 Å². The Bertz CT molecular complexity index is 729. The summed E-state index contributed by atoms with van der Waals surface area (Å²) >= 11 is 3.32. The van der Waals surface area contributed by atoms with Crippen molar-refractivity contribution in [2.75, 3.05) is 0 Å². The minimum absolute atomic E-state index is 0.00424. The lowest BCUT2D eigenvalue weighted by molar-refractivity contribution is -0.385. The van der Waals surface area contributed by atoms with Crippen molar-refractivity contribution < 1.29 is 19.6 Å². The van der Waals surface area contributed by atoms with Crippen LogP contribution in [-0.4, -0.2) is 16.0 Å². The second kappa shape index (κ2) is 5.92. The maximum absolute atomic E-state index is 11.1. The Morgan fingerprint density at radius 3 is 2.48 bits per heavy atom. The predicted octanol–water partition coefficient (Wildman–Crippen LogP) is 4.16. The SMILES string of the molecule is Cc1cc(Br)ccc1Oc1ccc(C(=O)O)cc1[N+](=O)[O-]. The molecule has 1 N–H and O–H groups in total. The summed E-state index contributed by atoms with van der Waals surface area (Å²) in [6, 6.07) is 8.76. The topological polar surface area (TPSA) is 89.7 Å². The average Bonchev–Trinajstić information content (AvgIpc) is 2.41. The van der Waals surface area contributed by atoms with Gasteiger partial charge in [0.05, 0.1) is 10.5 Å². The fraction of sp³-hybridized carbons (Fsp3) is 0.0714. The van der Waals surface area contributed by atoms with E-state index in [-0.39, 0.29) is 11.3 Å². The first-order valence-electron chi connectivity index (χ1n) is 5.84. The summed E-state index contributed by atoms with van der Waals surface area (Å²) in [5, 5.41) is 19.9. The lowest BCUT2D eigenvalue weighted by atomic mass is 10.2. The number of halogens is 1. The molecule has 108 valence electrons. The van der Waals surface area contributed by atoms with Crippen LogP contribution in [0.3, 0.4) is 0 Å². The van der Waals surface area contributed by atoms with Crippen molar-refractivity contribution in [3.63, 3.8) is 0 Å². The quantitative estimate of drug-likeness (QED) is 0.659. The molecular weight excluding hydrogens is 342 g/mol. The third-order valence-electron chi connectivity index (χ3n) is 2.76. The smallest absolute Gasteiger partial charge is 0.335 e. The van der Waals surface area contributed by atoms with Gasteiger partial charge >= 0.3 is 11.7 Å². The van der Waals surface area contributed by atoms with Crippen molar-refractivity contribution in [2.24, 2.45) is 0 Å². The Balaban J connectivity index is 2.44. The summed E-state index contributed by atoms with van der Waals surface area (Å²) < 4.78 is 6.40. The Labute approximate surface area is 128 Å². The van der Waals surface area contributed by atoms with E-state index in [4.69, 9.17) is 9.84 Å². The van der Waals surface area contributed by atoms with E-state index >= 15 is 0 Å². The molecule has 0 saturated carbocycles. The molecule has 0 radical (unpaired) electrons. The molecule has 0 atom stereocenters. The molecule has 0 saturated heterocycles. The van der Waals surface area contributed by atoms with E-state index in [0.717, 1.165) is 16.1 Å². The van der Waals surface area contributed by atoms with Crippen molar-refractivity contribution in [2.45, 2.75) is 6.92 Å². The van der Waals surface area contributed by atoms with Crippen LogP contribution in [0, 0.1) is 17.0 Å². The van der Waals surface area contributed by atoms with E-state index in [1.165, 1.54) is 12.1 Å². The highest BCUT2D eigenvalue weighted by molar-refractivity contribution is 9.10. The molecule has 0 aliphatic rings. The Morgan fingerprint density at radius 1 is 1.24 bits per heavy atom. The molecule has 7 heteroatoms. The number of aromatic carboxylic acids is 1. The van der Waals surface area contributed by atoms with Gasteiger partial charge < -0.3 is 9.84 Å². The van der Waals surface area contributed by atoms with Crippen LogP contribution in [0.4, 0.5) is 5.69 Å². The van der Waals surface area contributed by atoms with Crippen molar-refractivity contribution >= 4 is 27.6 Å². The van der Waals surface area contributed by atoms with Gasteiger partial charge in [0.15, 0.2) is 0 Å². The number of carboxylic acids is 1. The lowest BCUT2D eigenvalue weighted by Gasteiger charge is -2.09. The number of hydrogen-bond acceptors (Lipinski definition) is 4. The largest absolute Gasteiger partial charge is 0.478 e. The lowest BCUT2D eigenvalue weighted by Crippen LogP contribution is -2.00. The molecule has 0 unspecified atom stereocenters. The standard InChI is InChI=1S/C14H10BrNO5/c1-8-6-10(15)3-5-12(8)21-13-4-2-9(14(17)18)7-11(13)16(19)20/h2-7H,1H3,(H,17,18). The molecule has 0 amide bonds. The predicted molar refractivity (Wildman–Crippen MR) is 79.0 cm³/mol. The first kappa shape index (κ1) is 15.0. The molecule has 0 aliphatic heterocycles. The minimum Gasteiger partial charge on any atom is -0.478 e. The summed E-state index contributed by atoms with van der Waals surface area (Å²) in [7, 11) is 0. The van der Waals surface area contributed by atoms with E-state index in [2.05, 4.69) is 15.9 Å². The van der Waals surface area contributed by atoms with Crippen LogP contribution in [0.1, 0.15) is 15.9 Å². The van der Waals surface area contributed by atoms with Gasteiger partial charge in [0.2, 0.25) is 5.75 Å². The van der Waals surface area contributed by atoms with Gasteiger partial charge in [-0.1, -0.05) is 15.9 Å². The van der Waals surface area contributed by atoms with Crippen LogP contribution < -0.4 is 4.74 Å². The Morgan fingerprint density at radius 2 is 1.90 bits per heavy atom. The van der Waals surface area contributed by atoms with Gasteiger partial charge in [0.25, 0.3) is 0 Å². The van der Waals surface area contributed by atoms with Crippen LogP contribution in [0.2, 0.25) is 0 Å². The number of nitro benzene ring substituents is 1. The monoisotopic (exact) mass is 351 g/mol. The van der Waals surface area contributed by atoms with Crippen LogP contribution in [-0.2, 0) is 0 Å². The first-order chi connectivity index (χ1) is 9.88. The van der Waals surface area contributed by atoms with Gasteiger partial charge in [-0.2, -0.15) is 0 Å². The number of benzene rings is 2. The number of nitrogens with zero attached hydrogens (tertiary/aromatic N) is 1. The average molecular weight is 352 g/mol. The van der Waals surface area contributed by atoms with E-state index in [1.54, 1.807) is 19.1 Å². The third kappa shape index (κ3) is 3.38. The van der Waals surface area contributed by atoms with Gasteiger partial charge in [-0.3, -0.25) is 10.1 Å². The van der Waals surface area contributed by atoms with E-state index in [9.17, 15) is 14.9 Å². The molecule has 0 heterocycles. The number of carboxylic acid groups (broad SMARTS) is 1. The maximum Gasteiger partial charge on any atom is 0.335 e. The molecule has 0 bridgehead atoms. The number of aryl methyl sites for hydroxylation is 1. The Hall–Kier alpha value is -2.41. The molecule has 6 nitrogen and oxygen atoms in total. The second-order valence-electron chi connectivity index (χ2n) is 4.26. The Kier molecular flexibility index (Phi) is 4.23. The second-order valence-corrected chi connectivity index (χ2v) is 5.17. The van der Waals surface area contributed by atoms with Gasteiger partial charge in [-0.25, -0.2) is 4.79 Å². The summed E-state index contributed by atoms with van der Waals surface area (Å²) in [5.41, 5.74) is 0.236. The zero-order valence-electron chi connectivity index (χ0n) is 10.9. The minimum atomic E-state index is -1.23. The van der Waals surface area contributed by atoms with E-state index in [0.29, 0.717) is 5.75 Å². The molecule has 21 heavy (non-hydrogen) atoms. The molecular formula is C14H10BrNO5. The van der Waals surface area contributed by atoms with E-state index in [1.807, 2.05) is 6.07 Å². The normalized spacial score (nSPS) is 10.2.